The maximum Gasteiger partial charge on any atom is 0.239 e. The van der Waals surface area contributed by atoms with Gasteiger partial charge in [0.05, 0.1) is 12.7 Å². The first-order valence-corrected chi connectivity index (χ1v) is 6.73. The third-order valence-corrected chi connectivity index (χ3v) is 4.21. The molecule has 0 saturated carbocycles. The first kappa shape index (κ1) is 12.8. The Morgan fingerprint density at radius 1 is 1.41 bits per heavy atom. The van der Waals surface area contributed by atoms with Crippen molar-refractivity contribution >= 4 is 5.91 Å². The molecule has 1 atom stereocenters. The van der Waals surface area contributed by atoms with Gasteiger partial charge in [-0.05, 0) is 37.6 Å². The summed E-state index contributed by atoms with van der Waals surface area (Å²) >= 11 is 0. The van der Waals surface area contributed by atoms with Crippen LogP contribution < -0.4 is 5.32 Å². The Kier molecular flexibility index (Phi) is 4.02. The van der Waals surface area contributed by atoms with Gasteiger partial charge in [0.25, 0.3) is 0 Å². The Morgan fingerprint density at radius 2 is 2.12 bits per heavy atom. The second kappa shape index (κ2) is 5.34. The molecule has 0 unspecified atom stereocenters. The van der Waals surface area contributed by atoms with Crippen LogP contribution in [0, 0.1) is 5.41 Å². The van der Waals surface area contributed by atoms with E-state index in [1.807, 2.05) is 11.8 Å². The van der Waals surface area contributed by atoms with Crippen molar-refractivity contribution in [2.75, 3.05) is 26.3 Å². The summed E-state index contributed by atoms with van der Waals surface area (Å²) in [6, 6.07) is 0.0125. The summed E-state index contributed by atoms with van der Waals surface area (Å²) in [7, 11) is 0. The average Bonchev–Trinajstić information content (AvgIpc) is 2.40. The highest BCUT2D eigenvalue weighted by Gasteiger charge is 2.34. The van der Waals surface area contributed by atoms with Crippen LogP contribution in [0.5, 0.6) is 0 Å². The summed E-state index contributed by atoms with van der Waals surface area (Å²) in [5.41, 5.74) is -0.198. The molecule has 2 aliphatic heterocycles. The lowest BCUT2D eigenvalue weighted by atomic mass is 9.81. The highest BCUT2D eigenvalue weighted by molar-refractivity contribution is 5.82. The van der Waals surface area contributed by atoms with Crippen molar-refractivity contribution in [3.05, 3.63) is 0 Å². The van der Waals surface area contributed by atoms with Gasteiger partial charge in [-0.25, -0.2) is 0 Å². The summed E-state index contributed by atoms with van der Waals surface area (Å²) < 4.78 is 12.8. The highest BCUT2D eigenvalue weighted by atomic mass is 19.1. The lowest BCUT2D eigenvalue weighted by Crippen LogP contribution is -2.52. The molecular formula is C13H23FN2O. The van der Waals surface area contributed by atoms with Crippen LogP contribution in [0.2, 0.25) is 0 Å². The predicted molar refractivity (Wildman–Crippen MR) is 65.5 cm³/mol. The highest BCUT2D eigenvalue weighted by Crippen LogP contribution is 2.31. The standard InChI is InChI=1S/C13H23FN2O/c1-13(10-14)5-8-16(9-6-13)12(17)11-4-2-3-7-15-11/h11,15H,2-10H2,1H3/t11-/m1/s1. The molecule has 0 radical (unpaired) electrons. The maximum atomic E-state index is 12.8. The van der Waals surface area contributed by atoms with Gasteiger partial charge < -0.3 is 10.2 Å². The molecule has 0 aromatic rings. The molecule has 2 rings (SSSR count). The fourth-order valence-corrected chi connectivity index (χ4v) is 2.68. The van der Waals surface area contributed by atoms with Crippen LogP contribution in [0.4, 0.5) is 4.39 Å². The molecule has 2 aliphatic rings. The lowest BCUT2D eigenvalue weighted by molar-refractivity contribution is -0.136. The van der Waals surface area contributed by atoms with Crippen LogP contribution in [0.3, 0.4) is 0 Å². The summed E-state index contributed by atoms with van der Waals surface area (Å²) in [5, 5.41) is 3.29. The van der Waals surface area contributed by atoms with E-state index in [1.54, 1.807) is 0 Å². The van der Waals surface area contributed by atoms with E-state index in [2.05, 4.69) is 5.32 Å². The van der Waals surface area contributed by atoms with Gasteiger partial charge in [-0.1, -0.05) is 13.3 Å². The van der Waals surface area contributed by atoms with Crippen LogP contribution in [-0.4, -0.2) is 43.2 Å². The Balaban J connectivity index is 1.85. The van der Waals surface area contributed by atoms with Crippen molar-refractivity contribution in [1.29, 1.82) is 0 Å². The summed E-state index contributed by atoms with van der Waals surface area (Å²) in [6.07, 6.45) is 4.85. The number of carbonyl (C=O) groups excluding carboxylic acids is 1. The van der Waals surface area contributed by atoms with Crippen molar-refractivity contribution in [2.24, 2.45) is 5.41 Å². The van der Waals surface area contributed by atoms with E-state index in [1.165, 1.54) is 6.42 Å². The van der Waals surface area contributed by atoms with Gasteiger partial charge in [-0.3, -0.25) is 9.18 Å². The molecule has 0 aromatic carbocycles. The molecule has 0 aliphatic carbocycles. The molecule has 1 N–H and O–H groups in total. The second-order valence-corrected chi connectivity index (χ2v) is 5.77. The van der Waals surface area contributed by atoms with E-state index >= 15 is 0 Å². The van der Waals surface area contributed by atoms with Crippen LogP contribution in [0.1, 0.15) is 39.0 Å². The number of hydrogen-bond acceptors (Lipinski definition) is 2. The molecule has 3 nitrogen and oxygen atoms in total. The number of hydrogen-bond donors (Lipinski definition) is 1. The van der Waals surface area contributed by atoms with Gasteiger partial charge in [0.1, 0.15) is 0 Å². The fourth-order valence-electron chi connectivity index (χ4n) is 2.68. The Bertz CT molecular complexity index is 269. The van der Waals surface area contributed by atoms with Gasteiger partial charge in [-0.15, -0.1) is 0 Å². The maximum absolute atomic E-state index is 12.8. The quantitative estimate of drug-likeness (QED) is 0.800. The molecule has 98 valence electrons. The molecule has 17 heavy (non-hydrogen) atoms. The fraction of sp³-hybridized carbons (Fsp3) is 0.923. The second-order valence-electron chi connectivity index (χ2n) is 5.77. The Morgan fingerprint density at radius 3 is 2.65 bits per heavy atom. The number of carbonyl (C=O) groups is 1. The van der Waals surface area contributed by atoms with Crippen molar-refractivity contribution in [2.45, 2.75) is 45.1 Å². The van der Waals surface area contributed by atoms with Crippen molar-refractivity contribution in [1.82, 2.24) is 10.2 Å². The number of rotatable bonds is 2. The smallest absolute Gasteiger partial charge is 0.239 e. The van der Waals surface area contributed by atoms with Crippen LogP contribution in [0.25, 0.3) is 0 Å². The number of halogens is 1. The van der Waals surface area contributed by atoms with Gasteiger partial charge in [0.2, 0.25) is 5.91 Å². The van der Waals surface area contributed by atoms with E-state index < -0.39 is 0 Å². The van der Waals surface area contributed by atoms with E-state index in [0.717, 1.165) is 45.3 Å². The monoisotopic (exact) mass is 242 g/mol. The summed E-state index contributed by atoms with van der Waals surface area (Å²) in [4.78, 5) is 14.1. The first-order chi connectivity index (χ1) is 8.14. The summed E-state index contributed by atoms with van der Waals surface area (Å²) in [6.45, 7) is 4.10. The number of piperidine rings is 2. The zero-order valence-electron chi connectivity index (χ0n) is 10.7. The van der Waals surface area contributed by atoms with Gasteiger partial charge in [0.15, 0.2) is 0 Å². The van der Waals surface area contributed by atoms with Crippen LogP contribution >= 0.6 is 0 Å². The van der Waals surface area contributed by atoms with Gasteiger partial charge >= 0.3 is 0 Å². The molecule has 2 saturated heterocycles. The lowest BCUT2D eigenvalue weighted by Gasteiger charge is -2.39. The number of nitrogens with one attached hydrogen (secondary N) is 1. The van der Waals surface area contributed by atoms with Crippen LogP contribution in [-0.2, 0) is 4.79 Å². The van der Waals surface area contributed by atoms with E-state index in [9.17, 15) is 9.18 Å². The molecule has 2 fully saturated rings. The topological polar surface area (TPSA) is 32.3 Å². The van der Waals surface area contributed by atoms with E-state index in [0.29, 0.717) is 0 Å². The minimum atomic E-state index is -0.267. The molecule has 4 heteroatoms. The third-order valence-electron chi connectivity index (χ3n) is 4.21. The Labute approximate surface area is 103 Å². The number of nitrogens with zero attached hydrogens (tertiary/aromatic N) is 1. The molecule has 2 heterocycles. The SMILES string of the molecule is CC1(CF)CCN(C(=O)[C@H]2CCCCN2)CC1. The number of likely N-dealkylation sites (tertiary alicyclic amines) is 1. The largest absolute Gasteiger partial charge is 0.341 e. The van der Waals surface area contributed by atoms with Gasteiger partial charge in [-0.2, -0.15) is 0 Å². The van der Waals surface area contributed by atoms with Crippen molar-refractivity contribution in [3.8, 4) is 0 Å². The third kappa shape index (κ3) is 2.97. The van der Waals surface area contributed by atoms with Crippen molar-refractivity contribution in [3.63, 3.8) is 0 Å². The number of amides is 1. The minimum absolute atomic E-state index is 0.0125. The predicted octanol–water partition coefficient (Wildman–Crippen LogP) is 1.73. The normalized spacial score (nSPS) is 29.1. The summed E-state index contributed by atoms with van der Waals surface area (Å²) in [5.74, 6) is 0.227. The zero-order chi connectivity index (χ0) is 12.3. The van der Waals surface area contributed by atoms with Crippen molar-refractivity contribution < 1.29 is 9.18 Å². The molecule has 1 amide bonds. The molecular weight excluding hydrogens is 219 g/mol. The minimum Gasteiger partial charge on any atom is -0.341 e. The van der Waals surface area contributed by atoms with Gasteiger partial charge in [0, 0.05) is 13.1 Å². The molecule has 0 bridgehead atoms. The van der Waals surface area contributed by atoms with Crippen LogP contribution in [0.15, 0.2) is 0 Å². The Hall–Kier alpha value is -0.640. The molecule has 0 aromatic heterocycles. The molecule has 0 spiro atoms. The van der Waals surface area contributed by atoms with E-state index in [-0.39, 0.29) is 24.0 Å². The van der Waals surface area contributed by atoms with E-state index in [4.69, 9.17) is 0 Å². The average molecular weight is 242 g/mol. The zero-order valence-corrected chi connectivity index (χ0v) is 10.7. The number of alkyl halides is 1. The first-order valence-electron chi connectivity index (χ1n) is 6.73.